The Morgan fingerprint density at radius 1 is 1.19 bits per heavy atom. The van der Waals surface area contributed by atoms with Gasteiger partial charge in [-0.1, -0.05) is 40.2 Å². The zero-order valence-corrected chi connectivity index (χ0v) is 12.9. The molecule has 108 valence electrons. The van der Waals surface area contributed by atoms with Gasteiger partial charge in [0.05, 0.1) is 5.92 Å². The van der Waals surface area contributed by atoms with Crippen LogP contribution in [0.1, 0.15) is 12.8 Å². The quantitative estimate of drug-likeness (QED) is 0.877. The minimum Gasteiger partial charge on any atom is -0.355 e. The highest BCUT2D eigenvalue weighted by molar-refractivity contribution is 9.10. The largest absolute Gasteiger partial charge is 0.355 e. The van der Waals surface area contributed by atoms with Gasteiger partial charge in [-0.2, -0.15) is 0 Å². The molecule has 1 saturated heterocycles. The Morgan fingerprint density at radius 2 is 1.95 bits per heavy atom. The summed E-state index contributed by atoms with van der Waals surface area (Å²) >= 11 is 3.52. The first-order valence-corrected chi connectivity index (χ1v) is 7.69. The van der Waals surface area contributed by atoms with Gasteiger partial charge in [0.1, 0.15) is 0 Å². The normalized spacial score (nSPS) is 18.3. The maximum atomic E-state index is 12.3. The molecule has 1 aliphatic rings. The van der Waals surface area contributed by atoms with Gasteiger partial charge in [0, 0.05) is 28.5 Å². The fourth-order valence-corrected chi connectivity index (χ4v) is 3.04. The molecule has 2 amide bonds. The molecule has 1 atom stereocenters. The Labute approximate surface area is 131 Å². The van der Waals surface area contributed by atoms with Crippen LogP contribution in [0.4, 0.5) is 5.69 Å². The van der Waals surface area contributed by atoms with Gasteiger partial charge in [-0.05, 0) is 23.9 Å². The average Bonchev–Trinajstić information content (AvgIpc) is 2.51. The molecule has 2 aromatic rings. The molecule has 5 heteroatoms. The smallest absolute Gasteiger partial charge is 0.229 e. The maximum Gasteiger partial charge on any atom is 0.229 e. The van der Waals surface area contributed by atoms with E-state index in [1.807, 2.05) is 36.4 Å². The van der Waals surface area contributed by atoms with Crippen LogP contribution >= 0.6 is 15.9 Å². The minimum atomic E-state index is -0.162. The van der Waals surface area contributed by atoms with Gasteiger partial charge in [0.25, 0.3) is 0 Å². The first kappa shape index (κ1) is 14.1. The lowest BCUT2D eigenvalue weighted by Gasteiger charge is -2.22. The highest BCUT2D eigenvalue weighted by Gasteiger charge is 2.24. The summed E-state index contributed by atoms with van der Waals surface area (Å²) in [6, 6.07) is 11.7. The number of amides is 2. The molecular formula is C16H15BrN2O2. The van der Waals surface area contributed by atoms with E-state index in [2.05, 4.69) is 26.6 Å². The molecule has 0 saturated carbocycles. The Hall–Kier alpha value is -1.88. The molecule has 21 heavy (non-hydrogen) atoms. The van der Waals surface area contributed by atoms with E-state index in [1.165, 1.54) is 0 Å². The van der Waals surface area contributed by atoms with E-state index in [1.54, 1.807) is 0 Å². The number of rotatable bonds is 2. The number of carbonyl (C=O) groups is 2. The van der Waals surface area contributed by atoms with Gasteiger partial charge in [-0.25, -0.2) is 0 Å². The molecule has 0 aliphatic carbocycles. The van der Waals surface area contributed by atoms with E-state index >= 15 is 0 Å². The third-order valence-corrected chi connectivity index (χ3v) is 4.46. The van der Waals surface area contributed by atoms with E-state index in [0.29, 0.717) is 19.4 Å². The second-order valence-electron chi connectivity index (χ2n) is 5.17. The summed E-state index contributed by atoms with van der Waals surface area (Å²) in [7, 11) is 0. The molecule has 2 N–H and O–H groups in total. The van der Waals surface area contributed by atoms with Crippen LogP contribution in [0.2, 0.25) is 0 Å². The topological polar surface area (TPSA) is 58.2 Å². The number of anilines is 1. The van der Waals surface area contributed by atoms with E-state index in [4.69, 9.17) is 0 Å². The van der Waals surface area contributed by atoms with Crippen molar-refractivity contribution in [3.63, 3.8) is 0 Å². The summed E-state index contributed by atoms with van der Waals surface area (Å²) in [4.78, 5) is 23.5. The molecule has 1 aliphatic heterocycles. The molecule has 2 aromatic carbocycles. The summed E-state index contributed by atoms with van der Waals surface area (Å²) in [6.07, 6.45) is 1.02. The number of hydrogen-bond donors (Lipinski definition) is 2. The van der Waals surface area contributed by atoms with Crippen LogP contribution in [-0.2, 0) is 9.59 Å². The Bertz CT molecular complexity index is 704. The fraction of sp³-hybridized carbons (Fsp3) is 0.250. The van der Waals surface area contributed by atoms with Gasteiger partial charge in [-0.3, -0.25) is 9.59 Å². The van der Waals surface area contributed by atoms with Crippen molar-refractivity contribution in [2.75, 3.05) is 11.9 Å². The van der Waals surface area contributed by atoms with E-state index in [0.717, 1.165) is 20.9 Å². The average molecular weight is 347 g/mol. The van der Waals surface area contributed by atoms with Crippen LogP contribution in [0.3, 0.4) is 0 Å². The predicted molar refractivity (Wildman–Crippen MR) is 86.0 cm³/mol. The number of carbonyl (C=O) groups excluding carboxylic acids is 2. The molecule has 4 nitrogen and oxygen atoms in total. The maximum absolute atomic E-state index is 12.3. The predicted octanol–water partition coefficient (Wildman–Crippen LogP) is 3.07. The van der Waals surface area contributed by atoms with Gasteiger partial charge in [0.15, 0.2) is 0 Å². The second-order valence-corrected chi connectivity index (χ2v) is 6.02. The van der Waals surface area contributed by atoms with Crippen molar-refractivity contribution in [3.05, 3.63) is 40.9 Å². The summed E-state index contributed by atoms with van der Waals surface area (Å²) < 4.78 is 1.00. The highest BCUT2D eigenvalue weighted by atomic mass is 79.9. The van der Waals surface area contributed by atoms with Crippen molar-refractivity contribution in [1.82, 2.24) is 5.32 Å². The second kappa shape index (κ2) is 5.85. The number of nitrogens with one attached hydrogen (secondary N) is 2. The van der Waals surface area contributed by atoms with Crippen LogP contribution in [0.15, 0.2) is 40.9 Å². The first-order chi connectivity index (χ1) is 10.1. The van der Waals surface area contributed by atoms with Crippen LogP contribution in [0, 0.1) is 5.92 Å². The molecule has 0 radical (unpaired) electrons. The van der Waals surface area contributed by atoms with E-state index in [9.17, 15) is 9.59 Å². The third-order valence-electron chi connectivity index (χ3n) is 3.77. The molecule has 1 unspecified atom stereocenters. The zero-order valence-electron chi connectivity index (χ0n) is 11.4. The van der Waals surface area contributed by atoms with Crippen molar-refractivity contribution >= 4 is 44.2 Å². The SMILES string of the molecule is O=C1CCC(C(=O)Nc2ccc(Br)c3ccccc23)CN1. The van der Waals surface area contributed by atoms with E-state index in [-0.39, 0.29) is 17.7 Å². The van der Waals surface area contributed by atoms with Gasteiger partial charge < -0.3 is 10.6 Å². The van der Waals surface area contributed by atoms with Crippen LogP contribution in [0.25, 0.3) is 10.8 Å². The van der Waals surface area contributed by atoms with Crippen molar-refractivity contribution in [1.29, 1.82) is 0 Å². The standard InChI is InChI=1S/C16H15BrN2O2/c17-13-6-7-14(12-4-2-1-3-11(12)13)19-16(21)10-5-8-15(20)18-9-10/h1-4,6-7,10H,5,8-9H2,(H,18,20)(H,19,21). The lowest BCUT2D eigenvalue weighted by molar-refractivity contribution is -0.126. The number of fused-ring (bicyclic) bond motifs is 1. The van der Waals surface area contributed by atoms with Gasteiger partial charge >= 0.3 is 0 Å². The summed E-state index contributed by atoms with van der Waals surface area (Å²) in [6.45, 7) is 0.416. The first-order valence-electron chi connectivity index (χ1n) is 6.90. The number of benzene rings is 2. The Balaban J connectivity index is 1.83. The lowest BCUT2D eigenvalue weighted by atomic mass is 9.98. The van der Waals surface area contributed by atoms with E-state index < -0.39 is 0 Å². The van der Waals surface area contributed by atoms with Crippen molar-refractivity contribution < 1.29 is 9.59 Å². The number of piperidine rings is 1. The molecule has 1 heterocycles. The minimum absolute atomic E-state index is 0.0214. The van der Waals surface area contributed by atoms with Crippen LogP contribution in [0.5, 0.6) is 0 Å². The highest BCUT2D eigenvalue weighted by Crippen LogP contribution is 2.30. The van der Waals surface area contributed by atoms with Crippen molar-refractivity contribution in [2.24, 2.45) is 5.92 Å². The molecule has 0 aromatic heterocycles. The summed E-state index contributed by atoms with van der Waals surface area (Å²) in [5.74, 6) is -0.180. The summed E-state index contributed by atoms with van der Waals surface area (Å²) in [5, 5.41) is 7.79. The Morgan fingerprint density at radius 3 is 2.67 bits per heavy atom. The fourth-order valence-electron chi connectivity index (χ4n) is 2.56. The zero-order chi connectivity index (χ0) is 14.8. The number of hydrogen-bond acceptors (Lipinski definition) is 2. The van der Waals surface area contributed by atoms with Crippen molar-refractivity contribution in [2.45, 2.75) is 12.8 Å². The van der Waals surface area contributed by atoms with Crippen LogP contribution in [-0.4, -0.2) is 18.4 Å². The lowest BCUT2D eigenvalue weighted by Crippen LogP contribution is -2.40. The number of halogens is 1. The Kier molecular flexibility index (Phi) is 3.92. The molecule has 0 bridgehead atoms. The third kappa shape index (κ3) is 2.93. The van der Waals surface area contributed by atoms with Gasteiger partial charge in [-0.15, -0.1) is 0 Å². The molecule has 1 fully saturated rings. The summed E-state index contributed by atoms with van der Waals surface area (Å²) in [5.41, 5.74) is 0.802. The molecular weight excluding hydrogens is 332 g/mol. The van der Waals surface area contributed by atoms with Gasteiger partial charge in [0.2, 0.25) is 11.8 Å². The van der Waals surface area contributed by atoms with Crippen LogP contribution < -0.4 is 10.6 Å². The monoisotopic (exact) mass is 346 g/mol. The van der Waals surface area contributed by atoms with Crippen molar-refractivity contribution in [3.8, 4) is 0 Å². The molecule has 0 spiro atoms. The molecule has 3 rings (SSSR count).